The van der Waals surface area contributed by atoms with Crippen molar-refractivity contribution >= 4 is 17.8 Å². The lowest BCUT2D eigenvalue weighted by Gasteiger charge is -2.31. The van der Waals surface area contributed by atoms with E-state index in [9.17, 15) is 33.8 Å². The monoisotopic (exact) mass is 584 g/mol. The van der Waals surface area contributed by atoms with Crippen LogP contribution in [0.4, 0.5) is 4.39 Å². The largest absolute Gasteiger partial charge is 0.496 e. The molecule has 2 aromatic carbocycles. The molecule has 0 fully saturated rings. The number of carboxylic acids is 2. The minimum Gasteiger partial charge on any atom is -0.496 e. The van der Waals surface area contributed by atoms with Gasteiger partial charge in [-0.3, -0.25) is 19.2 Å². The molecule has 1 amide bonds. The fourth-order valence-corrected chi connectivity index (χ4v) is 5.70. The Morgan fingerprint density at radius 2 is 1.74 bits per heavy atom. The Morgan fingerprint density at radius 3 is 2.33 bits per heavy atom. The maximum Gasteiger partial charge on any atom is 0.320 e. The van der Waals surface area contributed by atoms with Crippen molar-refractivity contribution in [1.29, 1.82) is 0 Å². The Balaban J connectivity index is 1.97. The third-order valence-electron chi connectivity index (χ3n) is 8.39. The van der Waals surface area contributed by atoms with Crippen LogP contribution in [0.5, 0.6) is 11.5 Å². The van der Waals surface area contributed by atoms with Crippen LogP contribution < -0.4 is 14.9 Å². The van der Waals surface area contributed by atoms with Gasteiger partial charge in [-0.1, -0.05) is 25.0 Å². The Morgan fingerprint density at radius 1 is 1.05 bits per heavy atom. The number of hydrogen-bond donors (Lipinski definition) is 2. The van der Waals surface area contributed by atoms with Gasteiger partial charge in [0.1, 0.15) is 12.4 Å². The third-order valence-corrected chi connectivity index (χ3v) is 8.39. The molecule has 0 saturated heterocycles. The number of nitrogens with zero attached hydrogens (tertiary/aromatic N) is 1. The summed E-state index contributed by atoms with van der Waals surface area (Å²) in [4.78, 5) is 51.0. The first-order valence-corrected chi connectivity index (χ1v) is 14.1. The van der Waals surface area contributed by atoms with Crippen molar-refractivity contribution in [3.63, 3.8) is 0 Å². The standard InChI is InChI=1S/C32H40FNO8/c1-19-17-21-10-12-24(23-18-25(35)26(41-4)13-11-22(23)28(21)29(42-5)20(19)2)34(16-15-33)27(36)9-7-6-8-14-32(3,30(37)38)31(39)40/h11,13,17-18,24H,6-10,12,14-16H2,1-5H3,(H,37,38)(H,39,40)/t24-/m0/s1/i33-1. The second-order valence-electron chi connectivity index (χ2n) is 11.0. The van der Waals surface area contributed by atoms with Crippen molar-refractivity contribution in [2.45, 2.75) is 71.8 Å². The summed E-state index contributed by atoms with van der Waals surface area (Å²) in [6.07, 6.45) is 2.15. The number of alkyl halides is 1. The minimum atomic E-state index is -1.90. The summed E-state index contributed by atoms with van der Waals surface area (Å²) < 4.78 is 25.1. The highest BCUT2D eigenvalue weighted by Crippen LogP contribution is 2.46. The topological polar surface area (TPSA) is 130 Å². The van der Waals surface area contributed by atoms with Crippen LogP contribution in [-0.2, 0) is 20.8 Å². The maximum atomic E-state index is 13.9. The number of aryl methyl sites for hydroxylation is 2. The van der Waals surface area contributed by atoms with Gasteiger partial charge in [-0.25, -0.2) is 4.39 Å². The van der Waals surface area contributed by atoms with E-state index in [1.165, 1.54) is 25.0 Å². The number of carbonyl (C=O) groups is 3. The summed E-state index contributed by atoms with van der Waals surface area (Å²) >= 11 is 0. The minimum absolute atomic E-state index is 0.0699. The second kappa shape index (κ2) is 13.8. The molecule has 2 aromatic rings. The van der Waals surface area contributed by atoms with Gasteiger partial charge in [0.15, 0.2) is 11.2 Å². The van der Waals surface area contributed by atoms with Crippen molar-refractivity contribution < 1.29 is 38.5 Å². The summed E-state index contributed by atoms with van der Waals surface area (Å²) in [6, 6.07) is 6.37. The smallest absolute Gasteiger partial charge is 0.320 e. The molecule has 0 aromatic heterocycles. The summed E-state index contributed by atoms with van der Waals surface area (Å²) in [5.74, 6) is -2.28. The van der Waals surface area contributed by atoms with E-state index in [-0.39, 0.29) is 36.5 Å². The second-order valence-corrected chi connectivity index (χ2v) is 11.0. The van der Waals surface area contributed by atoms with E-state index in [1.54, 1.807) is 19.2 Å². The molecule has 1 aliphatic carbocycles. The van der Waals surface area contributed by atoms with Gasteiger partial charge >= 0.3 is 11.9 Å². The summed E-state index contributed by atoms with van der Waals surface area (Å²) in [7, 11) is 3.01. The van der Waals surface area contributed by atoms with Crippen LogP contribution in [0, 0.1) is 19.3 Å². The summed E-state index contributed by atoms with van der Waals surface area (Å²) in [5.41, 5.74) is 2.89. The van der Waals surface area contributed by atoms with Crippen molar-refractivity contribution in [2.24, 2.45) is 5.41 Å². The van der Waals surface area contributed by atoms with Crippen molar-refractivity contribution in [3.8, 4) is 22.6 Å². The SMILES string of the molecule is COc1c(C)c(C)cc2c1-c1ccc(OC)c(=O)cc1[C@@H](N(CC[18F])C(=O)CCCCCC(C)(C(=O)O)C(=O)O)CC2. The molecular formula is C32H40FNO8. The first-order valence-electron chi connectivity index (χ1n) is 14.1. The van der Waals surface area contributed by atoms with E-state index in [1.807, 2.05) is 13.8 Å². The van der Waals surface area contributed by atoms with Crippen LogP contribution in [0.1, 0.15) is 73.7 Å². The Hall–Kier alpha value is -3.95. The molecule has 42 heavy (non-hydrogen) atoms. The quantitative estimate of drug-likeness (QED) is 0.241. The van der Waals surface area contributed by atoms with Crippen molar-refractivity contribution in [1.82, 2.24) is 4.90 Å². The molecule has 0 aliphatic heterocycles. The molecule has 10 heteroatoms. The maximum absolute atomic E-state index is 13.9. The first kappa shape index (κ1) is 32.6. The van der Waals surface area contributed by atoms with Gasteiger partial charge in [0.05, 0.1) is 20.3 Å². The van der Waals surface area contributed by atoms with Gasteiger partial charge in [-0.05, 0) is 86.4 Å². The number of amides is 1. The fraction of sp³-hybridized carbons (Fsp3) is 0.500. The van der Waals surface area contributed by atoms with Gasteiger partial charge in [0, 0.05) is 18.5 Å². The Kier molecular flexibility index (Phi) is 10.7. The highest BCUT2D eigenvalue weighted by atomic mass is 18.2. The van der Waals surface area contributed by atoms with Gasteiger partial charge in [-0.2, -0.15) is 0 Å². The molecule has 2 N–H and O–H groups in total. The van der Waals surface area contributed by atoms with Gasteiger partial charge in [-0.15, -0.1) is 0 Å². The summed E-state index contributed by atoms with van der Waals surface area (Å²) in [5, 5.41) is 18.6. The highest BCUT2D eigenvalue weighted by Gasteiger charge is 2.40. The van der Waals surface area contributed by atoms with E-state index in [2.05, 4.69) is 6.07 Å². The molecule has 1 atom stereocenters. The number of methoxy groups -OCH3 is 2. The number of rotatable bonds is 13. The zero-order valence-corrected chi connectivity index (χ0v) is 24.9. The number of ether oxygens (including phenoxy) is 2. The number of benzene rings is 1. The first-order chi connectivity index (χ1) is 19.9. The normalized spacial score (nSPS) is 14.3. The molecule has 3 rings (SSSR count). The summed E-state index contributed by atoms with van der Waals surface area (Å²) in [6.45, 7) is 4.21. The highest BCUT2D eigenvalue weighted by molar-refractivity contribution is 5.97. The number of aliphatic carboxylic acids is 2. The number of carbonyl (C=O) groups excluding carboxylic acids is 1. The zero-order chi connectivity index (χ0) is 31.2. The third kappa shape index (κ3) is 6.58. The van der Waals surface area contributed by atoms with E-state index in [0.29, 0.717) is 49.0 Å². The van der Waals surface area contributed by atoms with E-state index < -0.39 is 30.1 Å². The number of halogens is 1. The van der Waals surface area contributed by atoms with Crippen LogP contribution in [-0.4, -0.2) is 60.4 Å². The number of hydrogen-bond acceptors (Lipinski definition) is 6. The fourth-order valence-electron chi connectivity index (χ4n) is 5.70. The van der Waals surface area contributed by atoms with Gasteiger partial charge in [0.25, 0.3) is 0 Å². The zero-order valence-electron chi connectivity index (χ0n) is 24.9. The lowest BCUT2D eigenvalue weighted by atomic mass is 9.85. The number of fused-ring (bicyclic) bond motifs is 3. The molecular weight excluding hydrogens is 544 g/mol. The van der Waals surface area contributed by atoms with Crippen LogP contribution >= 0.6 is 0 Å². The average molecular weight is 585 g/mol. The molecule has 0 spiro atoms. The van der Waals surface area contributed by atoms with E-state index in [0.717, 1.165) is 22.3 Å². The van der Waals surface area contributed by atoms with Gasteiger partial charge < -0.3 is 24.6 Å². The number of carboxylic acid groups (broad SMARTS) is 2. The Bertz CT molecular complexity index is 1390. The predicted molar refractivity (Wildman–Crippen MR) is 156 cm³/mol. The van der Waals surface area contributed by atoms with Crippen molar-refractivity contribution in [2.75, 3.05) is 27.4 Å². The molecule has 9 nitrogen and oxygen atoms in total. The van der Waals surface area contributed by atoms with Crippen molar-refractivity contribution in [3.05, 3.63) is 56.7 Å². The lowest BCUT2D eigenvalue weighted by Crippen LogP contribution is -2.37. The van der Waals surface area contributed by atoms with Crippen LogP contribution in [0.25, 0.3) is 11.1 Å². The number of unbranched alkanes of at least 4 members (excludes halogenated alkanes) is 2. The molecule has 0 bridgehead atoms. The van der Waals surface area contributed by atoms with Gasteiger partial charge in [0.2, 0.25) is 11.3 Å². The average Bonchev–Trinajstić information content (AvgIpc) is 3.19. The molecule has 1 aliphatic rings. The Labute approximate surface area is 245 Å². The molecule has 0 heterocycles. The van der Waals surface area contributed by atoms with Crippen LogP contribution in [0.15, 0.2) is 29.1 Å². The molecule has 228 valence electrons. The molecule has 0 radical (unpaired) electrons. The van der Waals surface area contributed by atoms with Crippen LogP contribution in [0.3, 0.4) is 0 Å². The van der Waals surface area contributed by atoms with E-state index >= 15 is 0 Å². The lowest BCUT2D eigenvalue weighted by molar-refractivity contribution is -0.163. The predicted octanol–water partition coefficient (Wildman–Crippen LogP) is 5.26. The van der Waals surface area contributed by atoms with Crippen LogP contribution in [0.2, 0.25) is 0 Å². The molecule has 0 unspecified atom stereocenters. The van der Waals surface area contributed by atoms with E-state index in [4.69, 9.17) is 9.47 Å². The molecule has 0 saturated carbocycles.